The van der Waals surface area contributed by atoms with E-state index in [4.69, 9.17) is 11.6 Å². The molecule has 0 aliphatic carbocycles. The Bertz CT molecular complexity index is 1670. The molecule has 0 bridgehead atoms. The average Bonchev–Trinajstić information content (AvgIpc) is 2.99. The summed E-state index contributed by atoms with van der Waals surface area (Å²) in [5, 5.41) is 3.29. The summed E-state index contributed by atoms with van der Waals surface area (Å²) in [6.45, 7) is 3.50. The number of aryl methyl sites for hydroxylation is 1. The van der Waals surface area contributed by atoms with Gasteiger partial charge in [0.2, 0.25) is 11.8 Å². The second-order valence-electron chi connectivity index (χ2n) is 10.0. The summed E-state index contributed by atoms with van der Waals surface area (Å²) in [6.07, 6.45) is 0.227. The zero-order valence-electron chi connectivity index (χ0n) is 23.9. The van der Waals surface area contributed by atoms with E-state index >= 15 is 0 Å². The monoisotopic (exact) mass is 681 g/mol. The molecule has 4 aromatic rings. The van der Waals surface area contributed by atoms with Crippen molar-refractivity contribution >= 4 is 55.1 Å². The number of nitrogens with zero attached hydrogens (tertiary/aromatic N) is 2. The van der Waals surface area contributed by atoms with E-state index in [1.165, 1.54) is 17.0 Å². The Morgan fingerprint density at radius 3 is 2.23 bits per heavy atom. The summed E-state index contributed by atoms with van der Waals surface area (Å²) in [7, 11) is -4.17. The number of benzene rings is 4. The minimum atomic E-state index is -4.17. The molecular formula is C33H33BrClN3O4S. The number of anilines is 1. The molecule has 7 nitrogen and oxygen atoms in total. The smallest absolute Gasteiger partial charge is 0.264 e. The van der Waals surface area contributed by atoms with Gasteiger partial charge in [-0.2, -0.15) is 0 Å². The number of sulfonamides is 1. The van der Waals surface area contributed by atoms with E-state index < -0.39 is 28.5 Å². The van der Waals surface area contributed by atoms with Gasteiger partial charge in [-0.1, -0.05) is 99.8 Å². The molecule has 0 aromatic heterocycles. The molecule has 43 heavy (non-hydrogen) atoms. The lowest BCUT2D eigenvalue weighted by atomic mass is 10.0. The maximum Gasteiger partial charge on any atom is 0.264 e. The van der Waals surface area contributed by atoms with Crippen molar-refractivity contribution in [3.63, 3.8) is 0 Å². The van der Waals surface area contributed by atoms with Gasteiger partial charge in [-0.3, -0.25) is 13.9 Å². The van der Waals surface area contributed by atoms with Gasteiger partial charge in [0.1, 0.15) is 12.6 Å². The number of likely N-dealkylation sites (N-methyl/N-ethyl adjacent to an activating group) is 1. The van der Waals surface area contributed by atoms with Crippen LogP contribution in [-0.2, 0) is 32.6 Å². The third-order valence-corrected chi connectivity index (χ3v) is 9.55. The molecule has 0 fully saturated rings. The van der Waals surface area contributed by atoms with Crippen LogP contribution in [0, 0.1) is 6.92 Å². The van der Waals surface area contributed by atoms with Crippen LogP contribution in [0.4, 0.5) is 5.69 Å². The summed E-state index contributed by atoms with van der Waals surface area (Å²) < 4.78 is 29.9. The zero-order valence-corrected chi connectivity index (χ0v) is 27.1. The summed E-state index contributed by atoms with van der Waals surface area (Å²) in [5.74, 6) is -0.898. The first-order chi connectivity index (χ1) is 20.6. The normalized spacial score (nSPS) is 11.9. The van der Waals surface area contributed by atoms with Crippen molar-refractivity contribution in [1.82, 2.24) is 10.2 Å². The fourth-order valence-electron chi connectivity index (χ4n) is 4.65. The molecule has 0 saturated heterocycles. The average molecular weight is 683 g/mol. The van der Waals surface area contributed by atoms with Gasteiger partial charge in [-0.05, 0) is 61.4 Å². The van der Waals surface area contributed by atoms with Crippen molar-refractivity contribution in [1.29, 1.82) is 0 Å². The Morgan fingerprint density at radius 2 is 1.58 bits per heavy atom. The number of nitrogens with one attached hydrogen (secondary N) is 1. The molecule has 10 heteroatoms. The number of amides is 2. The van der Waals surface area contributed by atoms with Crippen LogP contribution in [0.15, 0.2) is 112 Å². The molecule has 1 atom stereocenters. The van der Waals surface area contributed by atoms with E-state index in [0.717, 1.165) is 15.4 Å². The lowest BCUT2D eigenvalue weighted by molar-refractivity contribution is -0.140. The fourth-order valence-corrected chi connectivity index (χ4v) is 6.64. The number of hydrogen-bond donors (Lipinski definition) is 1. The lowest BCUT2D eigenvalue weighted by Gasteiger charge is -2.34. The van der Waals surface area contributed by atoms with Crippen molar-refractivity contribution in [3.8, 4) is 0 Å². The van der Waals surface area contributed by atoms with Crippen LogP contribution >= 0.6 is 27.5 Å². The van der Waals surface area contributed by atoms with Crippen LogP contribution in [0.1, 0.15) is 23.6 Å². The van der Waals surface area contributed by atoms with Gasteiger partial charge in [-0.15, -0.1) is 0 Å². The highest BCUT2D eigenvalue weighted by Crippen LogP contribution is 2.28. The third kappa shape index (κ3) is 8.25. The topological polar surface area (TPSA) is 86.8 Å². The highest BCUT2D eigenvalue weighted by molar-refractivity contribution is 9.10. The van der Waals surface area contributed by atoms with Crippen LogP contribution in [0.2, 0.25) is 5.02 Å². The van der Waals surface area contributed by atoms with Crippen molar-refractivity contribution in [2.75, 3.05) is 17.4 Å². The number of halogens is 2. The van der Waals surface area contributed by atoms with E-state index in [0.29, 0.717) is 27.3 Å². The van der Waals surface area contributed by atoms with Crippen LogP contribution < -0.4 is 9.62 Å². The largest absolute Gasteiger partial charge is 0.355 e. The maximum absolute atomic E-state index is 14.4. The van der Waals surface area contributed by atoms with Crippen LogP contribution in [0.5, 0.6) is 0 Å². The van der Waals surface area contributed by atoms with E-state index in [9.17, 15) is 18.0 Å². The van der Waals surface area contributed by atoms with E-state index in [1.54, 1.807) is 67.6 Å². The Morgan fingerprint density at radius 1 is 0.907 bits per heavy atom. The van der Waals surface area contributed by atoms with Crippen LogP contribution in [0.25, 0.3) is 0 Å². The Kier molecular flexibility index (Phi) is 11.0. The molecule has 224 valence electrons. The molecule has 1 N–H and O–H groups in total. The Balaban J connectivity index is 1.80. The van der Waals surface area contributed by atoms with Crippen LogP contribution in [-0.4, -0.2) is 44.3 Å². The van der Waals surface area contributed by atoms with Gasteiger partial charge in [0, 0.05) is 29.0 Å². The molecule has 4 aromatic carbocycles. The van der Waals surface area contributed by atoms with Gasteiger partial charge < -0.3 is 10.2 Å². The Labute approximate surface area is 266 Å². The van der Waals surface area contributed by atoms with Gasteiger partial charge in [0.05, 0.1) is 10.6 Å². The predicted octanol–water partition coefficient (Wildman–Crippen LogP) is 6.38. The molecule has 4 rings (SSSR count). The number of carbonyl (C=O) groups is 2. The highest BCUT2D eigenvalue weighted by atomic mass is 79.9. The molecule has 0 aliphatic heterocycles. The molecule has 0 heterocycles. The van der Waals surface area contributed by atoms with Gasteiger partial charge >= 0.3 is 0 Å². The fraction of sp³-hybridized carbons (Fsp3) is 0.212. The Hall–Kier alpha value is -3.66. The summed E-state index contributed by atoms with van der Waals surface area (Å²) in [4.78, 5) is 29.4. The summed E-state index contributed by atoms with van der Waals surface area (Å²) in [6, 6.07) is 28.8. The standard InChI is InChI=1S/C33H33BrClN3O4S/c1-3-36-33(40)31(20-25-10-5-4-6-11-25)37(22-26-12-7-8-15-30(26)35)32(39)23-38(28-14-9-13-27(34)21-28)43(41,42)29-18-16-24(2)17-19-29/h4-19,21,31H,3,20,22-23H2,1-2H3,(H,36,40). The van der Waals surface area contributed by atoms with Gasteiger partial charge in [0.15, 0.2) is 0 Å². The molecule has 1 unspecified atom stereocenters. The SMILES string of the molecule is CCNC(=O)C(Cc1ccccc1)N(Cc1ccccc1Cl)C(=O)CN(c1cccc(Br)c1)S(=O)(=O)c1ccc(C)cc1. The third-order valence-electron chi connectivity index (χ3n) is 6.90. The lowest BCUT2D eigenvalue weighted by Crippen LogP contribution is -2.53. The second-order valence-corrected chi connectivity index (χ2v) is 13.2. The molecule has 0 radical (unpaired) electrons. The maximum atomic E-state index is 14.4. The minimum absolute atomic E-state index is 0.00401. The van der Waals surface area contributed by atoms with Crippen LogP contribution in [0.3, 0.4) is 0 Å². The van der Waals surface area contributed by atoms with E-state index in [1.807, 2.05) is 37.3 Å². The van der Waals surface area contributed by atoms with Gasteiger partial charge in [-0.25, -0.2) is 8.42 Å². The second kappa shape index (κ2) is 14.7. The quantitative estimate of drug-likeness (QED) is 0.188. The van der Waals surface area contributed by atoms with Crippen molar-refractivity contribution in [2.45, 2.75) is 37.8 Å². The molecule has 0 aliphatic rings. The van der Waals surface area contributed by atoms with Crippen molar-refractivity contribution in [2.24, 2.45) is 0 Å². The number of hydrogen-bond acceptors (Lipinski definition) is 4. The summed E-state index contributed by atoms with van der Waals surface area (Å²) >= 11 is 9.94. The van der Waals surface area contributed by atoms with E-state index in [2.05, 4.69) is 21.2 Å². The number of carbonyl (C=O) groups excluding carboxylic acids is 2. The first-order valence-corrected chi connectivity index (χ1v) is 16.4. The molecular weight excluding hydrogens is 650 g/mol. The van der Waals surface area contributed by atoms with E-state index in [-0.39, 0.29) is 23.8 Å². The molecule has 2 amide bonds. The summed E-state index contributed by atoms with van der Waals surface area (Å²) in [5.41, 5.74) is 2.70. The highest BCUT2D eigenvalue weighted by Gasteiger charge is 2.34. The zero-order chi connectivity index (χ0) is 31.0. The molecule has 0 saturated carbocycles. The predicted molar refractivity (Wildman–Crippen MR) is 174 cm³/mol. The number of rotatable bonds is 12. The minimum Gasteiger partial charge on any atom is -0.355 e. The van der Waals surface area contributed by atoms with Crippen molar-refractivity contribution in [3.05, 3.63) is 129 Å². The van der Waals surface area contributed by atoms with Crippen molar-refractivity contribution < 1.29 is 18.0 Å². The molecule has 0 spiro atoms. The van der Waals surface area contributed by atoms with Gasteiger partial charge in [0.25, 0.3) is 10.0 Å². The first-order valence-electron chi connectivity index (χ1n) is 13.8. The first kappa shape index (κ1) is 32.3.